The standard InChI is InChI=1S/C16H25N3O3S/c1-13-5-6-15(12-14(13)2)23(21,22)19-10-8-18(9-11-19)16(20)4-3-7-17/h5-6,12H,3-4,7-11,17H2,1-2H3. The van der Waals surface area contributed by atoms with Crippen LogP contribution >= 0.6 is 0 Å². The summed E-state index contributed by atoms with van der Waals surface area (Å²) in [7, 11) is -3.49. The van der Waals surface area contributed by atoms with Crippen molar-refractivity contribution in [1.82, 2.24) is 9.21 Å². The maximum Gasteiger partial charge on any atom is 0.243 e. The van der Waals surface area contributed by atoms with Crippen LogP contribution in [0.1, 0.15) is 24.0 Å². The molecule has 1 aliphatic heterocycles. The van der Waals surface area contributed by atoms with Crippen LogP contribution in [-0.2, 0) is 14.8 Å². The van der Waals surface area contributed by atoms with Crippen molar-refractivity contribution >= 4 is 15.9 Å². The molecule has 1 amide bonds. The van der Waals surface area contributed by atoms with Gasteiger partial charge in [-0.15, -0.1) is 0 Å². The van der Waals surface area contributed by atoms with E-state index < -0.39 is 10.0 Å². The second-order valence-electron chi connectivity index (χ2n) is 5.92. The minimum atomic E-state index is -3.49. The van der Waals surface area contributed by atoms with Gasteiger partial charge < -0.3 is 10.6 Å². The molecule has 1 heterocycles. The monoisotopic (exact) mass is 339 g/mol. The average molecular weight is 339 g/mol. The molecular weight excluding hydrogens is 314 g/mol. The molecular formula is C16H25N3O3S. The molecule has 0 aromatic heterocycles. The van der Waals surface area contributed by atoms with Crippen molar-refractivity contribution in [2.45, 2.75) is 31.6 Å². The Hall–Kier alpha value is -1.44. The van der Waals surface area contributed by atoms with Crippen molar-refractivity contribution in [3.8, 4) is 0 Å². The van der Waals surface area contributed by atoms with Crippen molar-refractivity contribution in [2.24, 2.45) is 5.73 Å². The van der Waals surface area contributed by atoms with E-state index in [2.05, 4.69) is 0 Å². The molecule has 1 aromatic carbocycles. The van der Waals surface area contributed by atoms with Crippen LogP contribution in [0.5, 0.6) is 0 Å². The third kappa shape index (κ3) is 4.10. The first-order valence-electron chi connectivity index (χ1n) is 7.91. The fourth-order valence-electron chi connectivity index (χ4n) is 2.61. The number of amides is 1. The molecule has 2 N–H and O–H groups in total. The Morgan fingerprint density at radius 2 is 1.78 bits per heavy atom. The Morgan fingerprint density at radius 1 is 1.13 bits per heavy atom. The van der Waals surface area contributed by atoms with Crippen LogP contribution < -0.4 is 5.73 Å². The van der Waals surface area contributed by atoms with Crippen LogP contribution in [-0.4, -0.2) is 56.3 Å². The van der Waals surface area contributed by atoms with Gasteiger partial charge in [0, 0.05) is 32.6 Å². The topological polar surface area (TPSA) is 83.7 Å². The molecule has 7 heteroatoms. The number of aryl methyl sites for hydroxylation is 2. The van der Waals surface area contributed by atoms with E-state index >= 15 is 0 Å². The molecule has 1 aliphatic rings. The van der Waals surface area contributed by atoms with E-state index in [1.54, 1.807) is 17.0 Å². The van der Waals surface area contributed by atoms with Crippen LogP contribution in [0.2, 0.25) is 0 Å². The Balaban J connectivity index is 2.03. The fraction of sp³-hybridized carbons (Fsp3) is 0.562. The molecule has 0 bridgehead atoms. The Morgan fingerprint density at radius 3 is 2.35 bits per heavy atom. The lowest BCUT2D eigenvalue weighted by Crippen LogP contribution is -2.50. The summed E-state index contributed by atoms with van der Waals surface area (Å²) < 4.78 is 26.9. The van der Waals surface area contributed by atoms with E-state index in [4.69, 9.17) is 5.73 Å². The van der Waals surface area contributed by atoms with Crippen molar-refractivity contribution in [2.75, 3.05) is 32.7 Å². The number of hydrogen-bond donors (Lipinski definition) is 1. The predicted octanol–water partition coefficient (Wildman–Crippen LogP) is 0.875. The number of carbonyl (C=O) groups excluding carboxylic acids is 1. The highest BCUT2D eigenvalue weighted by Crippen LogP contribution is 2.20. The summed E-state index contributed by atoms with van der Waals surface area (Å²) in [4.78, 5) is 14.0. The number of carbonyl (C=O) groups is 1. The summed E-state index contributed by atoms with van der Waals surface area (Å²) >= 11 is 0. The number of piperazine rings is 1. The van der Waals surface area contributed by atoms with Gasteiger partial charge in [-0.3, -0.25) is 4.79 Å². The molecule has 0 aliphatic carbocycles. The first kappa shape index (κ1) is 17.9. The highest BCUT2D eigenvalue weighted by molar-refractivity contribution is 7.89. The highest BCUT2D eigenvalue weighted by atomic mass is 32.2. The van der Waals surface area contributed by atoms with E-state index in [1.807, 2.05) is 19.9 Å². The molecule has 23 heavy (non-hydrogen) atoms. The third-order valence-electron chi connectivity index (χ3n) is 4.30. The maximum absolute atomic E-state index is 12.7. The molecule has 0 radical (unpaired) electrons. The number of rotatable bonds is 5. The number of benzene rings is 1. The number of nitrogens with two attached hydrogens (primary N) is 1. The highest BCUT2D eigenvalue weighted by Gasteiger charge is 2.29. The molecule has 0 saturated carbocycles. The van der Waals surface area contributed by atoms with E-state index in [0.29, 0.717) is 50.5 Å². The summed E-state index contributed by atoms with van der Waals surface area (Å²) in [6, 6.07) is 5.19. The van der Waals surface area contributed by atoms with E-state index in [0.717, 1.165) is 11.1 Å². The molecule has 6 nitrogen and oxygen atoms in total. The van der Waals surface area contributed by atoms with Crippen molar-refractivity contribution < 1.29 is 13.2 Å². The molecule has 1 saturated heterocycles. The van der Waals surface area contributed by atoms with Gasteiger partial charge in [-0.05, 0) is 50.1 Å². The van der Waals surface area contributed by atoms with E-state index in [-0.39, 0.29) is 5.91 Å². The summed E-state index contributed by atoms with van der Waals surface area (Å²) in [5.41, 5.74) is 7.44. The van der Waals surface area contributed by atoms with Gasteiger partial charge in [0.1, 0.15) is 0 Å². The third-order valence-corrected chi connectivity index (χ3v) is 6.20. The Kier molecular flexibility index (Phi) is 5.78. The van der Waals surface area contributed by atoms with E-state index in [1.165, 1.54) is 4.31 Å². The van der Waals surface area contributed by atoms with Gasteiger partial charge in [0.2, 0.25) is 15.9 Å². The minimum absolute atomic E-state index is 0.0543. The second kappa shape index (κ2) is 7.42. The van der Waals surface area contributed by atoms with Gasteiger partial charge in [-0.1, -0.05) is 6.07 Å². The largest absolute Gasteiger partial charge is 0.340 e. The lowest BCUT2D eigenvalue weighted by Gasteiger charge is -2.34. The zero-order chi connectivity index (χ0) is 17.0. The van der Waals surface area contributed by atoms with Gasteiger partial charge >= 0.3 is 0 Å². The number of nitrogens with zero attached hydrogens (tertiary/aromatic N) is 2. The Bertz CT molecular complexity index is 665. The maximum atomic E-state index is 12.7. The van der Waals surface area contributed by atoms with Crippen LogP contribution in [0, 0.1) is 13.8 Å². The van der Waals surface area contributed by atoms with Gasteiger partial charge in [0.05, 0.1) is 4.90 Å². The first-order valence-corrected chi connectivity index (χ1v) is 9.35. The lowest BCUT2D eigenvalue weighted by atomic mass is 10.1. The predicted molar refractivity (Wildman–Crippen MR) is 89.5 cm³/mol. The molecule has 1 aromatic rings. The zero-order valence-corrected chi connectivity index (χ0v) is 14.6. The molecule has 128 valence electrons. The SMILES string of the molecule is Cc1ccc(S(=O)(=O)N2CCN(C(=O)CCCN)CC2)cc1C. The van der Waals surface area contributed by atoms with Crippen LogP contribution in [0.15, 0.2) is 23.1 Å². The lowest BCUT2D eigenvalue weighted by molar-refractivity contribution is -0.132. The van der Waals surface area contributed by atoms with Gasteiger partial charge in [0.25, 0.3) is 0 Å². The van der Waals surface area contributed by atoms with Gasteiger partial charge in [0.15, 0.2) is 0 Å². The fourth-order valence-corrected chi connectivity index (χ4v) is 4.12. The summed E-state index contributed by atoms with van der Waals surface area (Å²) in [6.07, 6.45) is 1.10. The van der Waals surface area contributed by atoms with Gasteiger partial charge in [-0.2, -0.15) is 4.31 Å². The van der Waals surface area contributed by atoms with Crippen molar-refractivity contribution in [1.29, 1.82) is 0 Å². The van der Waals surface area contributed by atoms with Gasteiger partial charge in [-0.25, -0.2) is 8.42 Å². The molecule has 2 rings (SSSR count). The van der Waals surface area contributed by atoms with Crippen LogP contribution in [0.3, 0.4) is 0 Å². The zero-order valence-electron chi connectivity index (χ0n) is 13.8. The summed E-state index contributed by atoms with van der Waals surface area (Å²) in [5, 5.41) is 0. The van der Waals surface area contributed by atoms with Crippen molar-refractivity contribution in [3.05, 3.63) is 29.3 Å². The number of sulfonamides is 1. The Labute approximate surface area is 138 Å². The second-order valence-corrected chi connectivity index (χ2v) is 7.86. The van der Waals surface area contributed by atoms with Crippen LogP contribution in [0.25, 0.3) is 0 Å². The molecule has 0 unspecified atom stereocenters. The van der Waals surface area contributed by atoms with Crippen LogP contribution in [0.4, 0.5) is 0 Å². The summed E-state index contributed by atoms with van der Waals surface area (Å²) in [5.74, 6) is 0.0543. The van der Waals surface area contributed by atoms with E-state index in [9.17, 15) is 13.2 Å². The molecule has 0 spiro atoms. The summed E-state index contributed by atoms with van der Waals surface area (Å²) in [6.45, 7) is 5.90. The minimum Gasteiger partial charge on any atom is -0.340 e. The molecule has 0 atom stereocenters. The smallest absolute Gasteiger partial charge is 0.243 e. The molecule has 1 fully saturated rings. The first-order chi connectivity index (χ1) is 10.9. The number of hydrogen-bond acceptors (Lipinski definition) is 4. The van der Waals surface area contributed by atoms with Crippen molar-refractivity contribution in [3.63, 3.8) is 0 Å². The quantitative estimate of drug-likeness (QED) is 0.863. The normalized spacial score (nSPS) is 16.6. The average Bonchev–Trinajstić information content (AvgIpc) is 2.55.